The van der Waals surface area contributed by atoms with Gasteiger partial charge in [0.05, 0.1) is 27.7 Å². The van der Waals surface area contributed by atoms with Gasteiger partial charge in [0.1, 0.15) is 12.4 Å². The lowest BCUT2D eigenvalue weighted by Gasteiger charge is -2.12. The van der Waals surface area contributed by atoms with Crippen molar-refractivity contribution in [2.45, 2.75) is 13.5 Å². The number of nitrogens with zero attached hydrogens (tertiary/aromatic N) is 2. The van der Waals surface area contributed by atoms with E-state index in [-0.39, 0.29) is 5.91 Å². The van der Waals surface area contributed by atoms with Gasteiger partial charge in [-0.25, -0.2) is 9.79 Å². The highest BCUT2D eigenvalue weighted by atomic mass is 79.9. The molecule has 1 aliphatic rings. The minimum atomic E-state index is -0.440. The zero-order valence-electron chi connectivity index (χ0n) is 19.5. The summed E-state index contributed by atoms with van der Waals surface area (Å²) in [5, 5.41) is 1.20. The number of thioether (sulfide) groups is 1. The third kappa shape index (κ3) is 6.00. The first kappa shape index (κ1) is 26.0. The molecule has 6 nitrogen and oxygen atoms in total. The van der Waals surface area contributed by atoms with Crippen LogP contribution in [0.4, 0.5) is 5.69 Å². The summed E-state index contributed by atoms with van der Waals surface area (Å²) in [6.07, 6.45) is 1.83. The van der Waals surface area contributed by atoms with E-state index >= 15 is 0 Å². The molecule has 0 N–H and O–H groups in total. The normalized spacial score (nSPS) is 15.6. The molecule has 1 aliphatic heterocycles. The van der Waals surface area contributed by atoms with E-state index in [1.165, 1.54) is 18.9 Å². The fraction of sp³-hybridized carbons (Fsp3) is 0.148. The Kier molecular flexibility index (Phi) is 8.51. The number of carbonyl (C=O) groups excluding carboxylic acids is 2. The van der Waals surface area contributed by atoms with E-state index in [2.05, 4.69) is 20.9 Å². The molecular formula is C27H22BrClN2O4S. The van der Waals surface area contributed by atoms with Crippen LogP contribution in [0.15, 0.2) is 81.1 Å². The summed E-state index contributed by atoms with van der Waals surface area (Å²) in [4.78, 5) is 31.7. The highest BCUT2D eigenvalue weighted by Gasteiger charge is 2.32. The maximum absolute atomic E-state index is 13.0. The number of carbonyl (C=O) groups is 2. The third-order valence-corrected chi connectivity index (χ3v) is 7.29. The molecule has 0 aromatic heterocycles. The Balaban J connectivity index is 1.53. The maximum atomic E-state index is 13.0. The van der Waals surface area contributed by atoms with E-state index in [1.807, 2.05) is 55.5 Å². The van der Waals surface area contributed by atoms with E-state index in [9.17, 15) is 9.59 Å². The number of benzene rings is 3. The fourth-order valence-electron chi connectivity index (χ4n) is 3.45. The van der Waals surface area contributed by atoms with Gasteiger partial charge in [0.15, 0.2) is 5.17 Å². The first-order valence-corrected chi connectivity index (χ1v) is 13.0. The summed E-state index contributed by atoms with van der Waals surface area (Å²) < 4.78 is 11.5. The van der Waals surface area contributed by atoms with Crippen LogP contribution in [-0.4, -0.2) is 35.6 Å². The Bertz CT molecular complexity index is 1380. The molecule has 0 bridgehead atoms. The van der Waals surface area contributed by atoms with Crippen LogP contribution < -0.4 is 4.74 Å². The smallest absolute Gasteiger partial charge is 0.337 e. The highest BCUT2D eigenvalue weighted by molar-refractivity contribution is 9.10. The number of aliphatic imine (C=N–C) groups is 1. The monoisotopic (exact) mass is 584 g/mol. The lowest BCUT2D eigenvalue weighted by Crippen LogP contribution is -2.28. The van der Waals surface area contributed by atoms with Crippen LogP contribution in [0.1, 0.15) is 28.4 Å². The second kappa shape index (κ2) is 11.8. The average molecular weight is 586 g/mol. The number of likely N-dealkylation sites (N-methyl/N-ethyl adjacent to an activating group) is 1. The standard InChI is InChI=1S/C27H22BrClN2O4S/c1-3-31-25(32)24(36-27(31)30-20-9-6-8-18(15-20)26(33)34-2)14-17-11-12-23(21(28)13-17)35-16-19-7-4-5-10-22(19)29/h4-15H,3,16H2,1-2H3. The predicted octanol–water partition coefficient (Wildman–Crippen LogP) is 7.09. The zero-order valence-corrected chi connectivity index (χ0v) is 22.7. The number of hydrogen-bond donors (Lipinski definition) is 0. The number of ether oxygens (including phenoxy) is 2. The van der Waals surface area contributed by atoms with Crippen LogP contribution >= 0.6 is 39.3 Å². The number of amidine groups is 1. The maximum Gasteiger partial charge on any atom is 0.337 e. The van der Waals surface area contributed by atoms with Crippen LogP contribution in [0.25, 0.3) is 6.08 Å². The van der Waals surface area contributed by atoms with Gasteiger partial charge in [0.25, 0.3) is 5.91 Å². The van der Waals surface area contributed by atoms with E-state index in [0.717, 1.165) is 15.6 Å². The van der Waals surface area contributed by atoms with Gasteiger partial charge in [0.2, 0.25) is 0 Å². The van der Waals surface area contributed by atoms with Gasteiger partial charge in [-0.1, -0.05) is 41.9 Å². The van der Waals surface area contributed by atoms with E-state index in [4.69, 9.17) is 21.1 Å². The minimum absolute atomic E-state index is 0.124. The van der Waals surface area contributed by atoms with Gasteiger partial charge in [-0.15, -0.1) is 0 Å². The van der Waals surface area contributed by atoms with E-state index < -0.39 is 5.97 Å². The van der Waals surface area contributed by atoms with Gasteiger partial charge in [-0.05, 0) is 82.7 Å². The fourth-order valence-corrected chi connectivity index (χ4v) is 5.21. The van der Waals surface area contributed by atoms with Gasteiger partial charge in [-0.2, -0.15) is 0 Å². The van der Waals surface area contributed by atoms with Crippen LogP contribution in [-0.2, 0) is 16.1 Å². The van der Waals surface area contributed by atoms with Crippen LogP contribution in [0.5, 0.6) is 5.75 Å². The van der Waals surface area contributed by atoms with Crippen molar-refractivity contribution in [1.29, 1.82) is 0 Å². The molecule has 36 heavy (non-hydrogen) atoms. The Morgan fingerprint density at radius 3 is 2.67 bits per heavy atom. The number of hydrogen-bond acceptors (Lipinski definition) is 6. The van der Waals surface area contributed by atoms with Crippen molar-refractivity contribution >= 4 is 68.1 Å². The summed E-state index contributed by atoms with van der Waals surface area (Å²) in [7, 11) is 1.33. The van der Waals surface area contributed by atoms with Gasteiger partial charge in [0, 0.05) is 17.1 Å². The number of halogens is 2. The van der Waals surface area contributed by atoms with Crippen molar-refractivity contribution in [3.8, 4) is 5.75 Å². The van der Waals surface area contributed by atoms with Gasteiger partial charge < -0.3 is 9.47 Å². The van der Waals surface area contributed by atoms with E-state index in [1.54, 1.807) is 29.2 Å². The molecule has 1 amide bonds. The van der Waals surface area contributed by atoms with Crippen LogP contribution in [0.2, 0.25) is 5.02 Å². The van der Waals surface area contributed by atoms with E-state index in [0.29, 0.717) is 45.2 Å². The predicted molar refractivity (Wildman–Crippen MR) is 148 cm³/mol. The Labute approximate surface area is 227 Å². The molecule has 3 aromatic rings. The molecule has 4 rings (SSSR count). The number of esters is 1. The largest absolute Gasteiger partial charge is 0.488 e. The molecule has 184 valence electrons. The lowest BCUT2D eigenvalue weighted by molar-refractivity contribution is -0.122. The highest BCUT2D eigenvalue weighted by Crippen LogP contribution is 2.35. The Morgan fingerprint density at radius 2 is 1.94 bits per heavy atom. The van der Waals surface area contributed by atoms with Gasteiger partial charge >= 0.3 is 5.97 Å². The Morgan fingerprint density at radius 1 is 1.14 bits per heavy atom. The molecule has 1 saturated heterocycles. The molecule has 3 aromatic carbocycles. The second-order valence-corrected chi connectivity index (χ2v) is 9.94. The van der Waals surface area contributed by atoms with Crippen molar-refractivity contribution in [2.75, 3.05) is 13.7 Å². The summed E-state index contributed by atoms with van der Waals surface area (Å²) in [6.45, 7) is 2.70. The van der Waals surface area contributed by atoms with Crippen molar-refractivity contribution in [1.82, 2.24) is 4.90 Å². The molecule has 1 fully saturated rings. The lowest BCUT2D eigenvalue weighted by atomic mass is 10.2. The summed E-state index contributed by atoms with van der Waals surface area (Å²) >= 11 is 11.1. The van der Waals surface area contributed by atoms with Crippen molar-refractivity contribution in [3.05, 3.63) is 97.8 Å². The van der Waals surface area contributed by atoms with Gasteiger partial charge in [-0.3, -0.25) is 9.69 Å². The average Bonchev–Trinajstić information content (AvgIpc) is 3.17. The molecular weight excluding hydrogens is 564 g/mol. The first-order valence-electron chi connectivity index (χ1n) is 11.0. The molecule has 1 heterocycles. The first-order chi connectivity index (χ1) is 17.4. The molecule has 0 radical (unpaired) electrons. The topological polar surface area (TPSA) is 68.2 Å². The summed E-state index contributed by atoms with van der Waals surface area (Å²) in [5.74, 6) is 0.107. The van der Waals surface area contributed by atoms with Crippen molar-refractivity contribution in [2.24, 2.45) is 4.99 Å². The van der Waals surface area contributed by atoms with Crippen molar-refractivity contribution < 1.29 is 19.1 Å². The number of methoxy groups -OCH3 is 1. The number of amides is 1. The zero-order chi connectivity index (χ0) is 25.7. The molecule has 0 saturated carbocycles. The van der Waals surface area contributed by atoms with Crippen LogP contribution in [0.3, 0.4) is 0 Å². The molecule has 0 unspecified atom stereocenters. The quantitative estimate of drug-likeness (QED) is 0.219. The minimum Gasteiger partial charge on any atom is -0.488 e. The summed E-state index contributed by atoms with van der Waals surface area (Å²) in [6, 6.07) is 20.0. The third-order valence-electron chi connectivity index (χ3n) is 5.29. The number of rotatable bonds is 7. The van der Waals surface area contributed by atoms with Crippen molar-refractivity contribution in [3.63, 3.8) is 0 Å². The molecule has 0 spiro atoms. The SMILES string of the molecule is CCN1C(=O)C(=Cc2ccc(OCc3ccccc3Cl)c(Br)c2)SC1=Nc1cccc(C(=O)OC)c1. The second-order valence-electron chi connectivity index (χ2n) is 7.67. The van der Waals surface area contributed by atoms with Crippen LogP contribution in [0, 0.1) is 0 Å². The molecule has 0 aliphatic carbocycles. The molecule has 9 heteroatoms. The summed E-state index contributed by atoms with van der Waals surface area (Å²) in [5.41, 5.74) is 2.70. The molecule has 0 atom stereocenters. The Hall–Kier alpha value is -3.07.